The van der Waals surface area contributed by atoms with Gasteiger partial charge in [-0.2, -0.15) is 0 Å². The fourth-order valence-electron chi connectivity index (χ4n) is 2.86. The number of nitrogens with zero attached hydrogens (tertiary/aromatic N) is 2. The summed E-state index contributed by atoms with van der Waals surface area (Å²) in [4.78, 5) is 9.15. The van der Waals surface area contributed by atoms with Crippen molar-refractivity contribution < 1.29 is 4.74 Å². The highest BCUT2D eigenvalue weighted by atomic mass is 35.5. The molecule has 2 aliphatic rings. The molecule has 0 saturated carbocycles. The smallest absolute Gasteiger partial charge is 0.136 e. The number of hydrogen-bond donors (Lipinski definition) is 0. The van der Waals surface area contributed by atoms with Crippen molar-refractivity contribution in [2.75, 3.05) is 6.61 Å². The van der Waals surface area contributed by atoms with Gasteiger partial charge in [-0.15, -0.1) is 0 Å². The average molecular weight is 267 g/mol. The number of halogens is 1. The van der Waals surface area contributed by atoms with Crippen molar-refractivity contribution in [3.05, 3.63) is 22.2 Å². The molecule has 1 aromatic heterocycles. The molecule has 18 heavy (non-hydrogen) atoms. The molecule has 1 saturated heterocycles. The van der Waals surface area contributed by atoms with Crippen LogP contribution in [0.2, 0.25) is 5.15 Å². The van der Waals surface area contributed by atoms with Crippen molar-refractivity contribution in [1.82, 2.24) is 9.97 Å². The Hall–Kier alpha value is -0.670. The van der Waals surface area contributed by atoms with Crippen molar-refractivity contribution in [3.8, 4) is 0 Å². The van der Waals surface area contributed by atoms with Crippen molar-refractivity contribution in [3.63, 3.8) is 0 Å². The van der Waals surface area contributed by atoms with Crippen LogP contribution in [-0.2, 0) is 24.0 Å². The van der Waals surface area contributed by atoms with Crippen LogP contribution in [0.3, 0.4) is 0 Å². The van der Waals surface area contributed by atoms with E-state index in [0.29, 0.717) is 5.15 Å². The summed E-state index contributed by atoms with van der Waals surface area (Å²) in [6, 6.07) is 0. The standard InChI is InChI=1S/C14H19ClN2O/c15-14-11-6-1-2-7-12(11)16-13(17-14)9-10-5-3-4-8-18-10/h10H,1-9H2. The lowest BCUT2D eigenvalue weighted by Crippen LogP contribution is -2.23. The first-order valence-corrected chi connectivity index (χ1v) is 7.36. The second-order valence-corrected chi connectivity index (χ2v) is 5.61. The third-order valence-corrected chi connectivity index (χ3v) is 4.18. The molecule has 98 valence electrons. The predicted octanol–water partition coefficient (Wildman–Crippen LogP) is 3.12. The molecule has 3 rings (SSSR count). The van der Waals surface area contributed by atoms with E-state index in [1.807, 2.05) is 0 Å². The third-order valence-electron chi connectivity index (χ3n) is 3.86. The van der Waals surface area contributed by atoms with Gasteiger partial charge in [0.2, 0.25) is 0 Å². The van der Waals surface area contributed by atoms with Crippen LogP contribution in [0, 0.1) is 0 Å². The Morgan fingerprint density at radius 3 is 2.83 bits per heavy atom. The molecular formula is C14H19ClN2O. The molecule has 3 nitrogen and oxygen atoms in total. The van der Waals surface area contributed by atoms with E-state index in [0.717, 1.165) is 38.1 Å². The van der Waals surface area contributed by atoms with E-state index in [4.69, 9.17) is 21.3 Å². The lowest BCUT2D eigenvalue weighted by molar-refractivity contribution is 0.0156. The van der Waals surface area contributed by atoms with E-state index in [9.17, 15) is 0 Å². The number of ether oxygens (including phenoxy) is 1. The van der Waals surface area contributed by atoms with Crippen LogP contribution in [0.15, 0.2) is 0 Å². The number of fused-ring (bicyclic) bond motifs is 1. The Bertz CT molecular complexity index is 430. The molecule has 0 aromatic carbocycles. The summed E-state index contributed by atoms with van der Waals surface area (Å²) in [5, 5.41) is 0.672. The molecule has 1 aliphatic carbocycles. The van der Waals surface area contributed by atoms with Crippen molar-refractivity contribution in [2.45, 2.75) is 57.5 Å². The third kappa shape index (κ3) is 2.67. The number of aryl methyl sites for hydroxylation is 1. The van der Waals surface area contributed by atoms with Gasteiger partial charge in [-0.25, -0.2) is 9.97 Å². The minimum atomic E-state index is 0.288. The molecule has 1 atom stereocenters. The first-order valence-electron chi connectivity index (χ1n) is 6.98. The van der Waals surface area contributed by atoms with E-state index < -0.39 is 0 Å². The molecule has 4 heteroatoms. The lowest BCUT2D eigenvalue weighted by atomic mass is 9.97. The highest BCUT2D eigenvalue weighted by Crippen LogP contribution is 2.26. The minimum Gasteiger partial charge on any atom is -0.378 e. The maximum absolute atomic E-state index is 6.27. The first kappa shape index (κ1) is 12.4. The van der Waals surface area contributed by atoms with Crippen molar-refractivity contribution >= 4 is 11.6 Å². The van der Waals surface area contributed by atoms with Crippen LogP contribution >= 0.6 is 11.6 Å². The van der Waals surface area contributed by atoms with Gasteiger partial charge in [0.05, 0.1) is 6.10 Å². The van der Waals surface area contributed by atoms with Gasteiger partial charge in [0.25, 0.3) is 0 Å². The molecular weight excluding hydrogens is 248 g/mol. The summed E-state index contributed by atoms with van der Waals surface area (Å²) in [7, 11) is 0. The zero-order valence-corrected chi connectivity index (χ0v) is 11.4. The Labute approximate surface area is 113 Å². The molecule has 1 fully saturated rings. The quantitative estimate of drug-likeness (QED) is 0.772. The summed E-state index contributed by atoms with van der Waals surface area (Å²) in [5.41, 5.74) is 2.35. The minimum absolute atomic E-state index is 0.288. The van der Waals surface area contributed by atoms with Crippen LogP contribution in [0.5, 0.6) is 0 Å². The first-order chi connectivity index (χ1) is 8.83. The van der Waals surface area contributed by atoms with Gasteiger partial charge in [-0.3, -0.25) is 0 Å². The van der Waals surface area contributed by atoms with E-state index in [1.165, 1.54) is 36.9 Å². The molecule has 1 unspecified atom stereocenters. The van der Waals surface area contributed by atoms with Crippen LogP contribution in [0.1, 0.15) is 49.2 Å². The summed E-state index contributed by atoms with van der Waals surface area (Å²) < 4.78 is 5.74. The number of rotatable bonds is 2. The molecule has 0 N–H and O–H groups in total. The van der Waals surface area contributed by atoms with Crippen LogP contribution in [-0.4, -0.2) is 22.7 Å². The SMILES string of the molecule is Clc1nc(CC2CCCCO2)nc2c1CCCC2. The zero-order valence-electron chi connectivity index (χ0n) is 10.6. The molecule has 0 radical (unpaired) electrons. The summed E-state index contributed by atoms with van der Waals surface area (Å²) in [5.74, 6) is 0.868. The van der Waals surface area contributed by atoms with E-state index in [1.54, 1.807) is 0 Å². The van der Waals surface area contributed by atoms with Gasteiger partial charge in [-0.1, -0.05) is 11.6 Å². The largest absolute Gasteiger partial charge is 0.378 e. The summed E-state index contributed by atoms with van der Waals surface area (Å²) >= 11 is 6.27. The Morgan fingerprint density at radius 2 is 2.00 bits per heavy atom. The van der Waals surface area contributed by atoms with Gasteiger partial charge < -0.3 is 4.74 Å². The fraction of sp³-hybridized carbons (Fsp3) is 0.714. The second kappa shape index (κ2) is 5.54. The average Bonchev–Trinajstić information content (AvgIpc) is 2.40. The highest BCUT2D eigenvalue weighted by Gasteiger charge is 2.20. The molecule has 2 heterocycles. The topological polar surface area (TPSA) is 35.0 Å². The van der Waals surface area contributed by atoms with Crippen molar-refractivity contribution in [2.24, 2.45) is 0 Å². The predicted molar refractivity (Wildman–Crippen MR) is 71.0 cm³/mol. The highest BCUT2D eigenvalue weighted by molar-refractivity contribution is 6.30. The lowest BCUT2D eigenvalue weighted by Gasteiger charge is -2.23. The Morgan fingerprint density at radius 1 is 1.11 bits per heavy atom. The summed E-state index contributed by atoms with van der Waals surface area (Å²) in [6.07, 6.45) is 9.18. The molecule has 0 amide bonds. The van der Waals surface area contributed by atoms with E-state index in [2.05, 4.69) is 4.98 Å². The van der Waals surface area contributed by atoms with Gasteiger partial charge >= 0.3 is 0 Å². The number of hydrogen-bond acceptors (Lipinski definition) is 3. The fourth-order valence-corrected chi connectivity index (χ4v) is 3.16. The zero-order chi connectivity index (χ0) is 12.4. The van der Waals surface area contributed by atoms with Crippen LogP contribution in [0.4, 0.5) is 0 Å². The molecule has 1 aromatic rings. The van der Waals surface area contributed by atoms with Gasteiger partial charge in [-0.05, 0) is 44.9 Å². The molecule has 0 spiro atoms. The van der Waals surface area contributed by atoms with E-state index in [-0.39, 0.29) is 6.10 Å². The normalized spacial score (nSPS) is 23.7. The summed E-state index contributed by atoms with van der Waals surface area (Å²) in [6.45, 7) is 0.878. The monoisotopic (exact) mass is 266 g/mol. The Balaban J connectivity index is 1.77. The van der Waals surface area contributed by atoms with Gasteiger partial charge in [0.15, 0.2) is 0 Å². The van der Waals surface area contributed by atoms with E-state index >= 15 is 0 Å². The molecule has 0 bridgehead atoms. The van der Waals surface area contributed by atoms with Crippen LogP contribution < -0.4 is 0 Å². The maximum Gasteiger partial charge on any atom is 0.136 e. The van der Waals surface area contributed by atoms with Gasteiger partial charge in [0, 0.05) is 24.3 Å². The Kier molecular flexibility index (Phi) is 3.80. The number of aromatic nitrogens is 2. The van der Waals surface area contributed by atoms with Crippen LogP contribution in [0.25, 0.3) is 0 Å². The maximum atomic E-state index is 6.27. The van der Waals surface area contributed by atoms with Crippen molar-refractivity contribution in [1.29, 1.82) is 0 Å². The molecule has 1 aliphatic heterocycles. The second-order valence-electron chi connectivity index (χ2n) is 5.26. The van der Waals surface area contributed by atoms with Gasteiger partial charge in [0.1, 0.15) is 11.0 Å².